The first-order valence-corrected chi connectivity index (χ1v) is 17.5. The zero-order valence-corrected chi connectivity index (χ0v) is 29.0. The van der Waals surface area contributed by atoms with Gasteiger partial charge in [0, 0.05) is 21.9 Å². The van der Waals surface area contributed by atoms with Gasteiger partial charge in [-0.1, -0.05) is 97.1 Å². The van der Waals surface area contributed by atoms with Crippen molar-refractivity contribution in [3.8, 4) is 39.1 Å². The molecule has 1 aliphatic heterocycles. The van der Waals surface area contributed by atoms with Crippen molar-refractivity contribution in [1.82, 2.24) is 4.57 Å². The molecule has 0 spiro atoms. The molecule has 274 valence electrons. The van der Waals surface area contributed by atoms with Crippen LogP contribution < -0.4 is 4.90 Å². The highest BCUT2D eigenvalue weighted by atomic mass is 19.4. The fourth-order valence-corrected chi connectivity index (χ4v) is 7.64. The third kappa shape index (κ3) is 5.64. The average Bonchev–Trinajstić information content (AvgIpc) is 3.67. The number of halogens is 6. The Bertz CT molecular complexity index is 2730. The van der Waals surface area contributed by atoms with E-state index in [-0.39, 0.29) is 38.6 Å². The highest BCUT2D eigenvalue weighted by molar-refractivity contribution is 6.37. The Labute approximate surface area is 315 Å². The maximum Gasteiger partial charge on any atom is 0.416 e. The first kappa shape index (κ1) is 34.8. The summed E-state index contributed by atoms with van der Waals surface area (Å²) in [6.45, 7) is 0. The highest BCUT2D eigenvalue weighted by Gasteiger charge is 2.42. The second-order valence-electron chi connectivity index (χ2n) is 13.5. The number of carbonyl (C=O) groups is 2. The van der Waals surface area contributed by atoms with E-state index in [2.05, 4.69) is 0 Å². The van der Waals surface area contributed by atoms with Gasteiger partial charge in [0.05, 0.1) is 44.7 Å². The summed E-state index contributed by atoms with van der Waals surface area (Å²) >= 11 is 0. The summed E-state index contributed by atoms with van der Waals surface area (Å²) in [7, 11) is 0. The van der Waals surface area contributed by atoms with Crippen LogP contribution >= 0.6 is 0 Å². The predicted molar refractivity (Wildman–Crippen MR) is 205 cm³/mol. The van der Waals surface area contributed by atoms with E-state index in [9.17, 15) is 31.1 Å². The van der Waals surface area contributed by atoms with Crippen LogP contribution in [-0.4, -0.2) is 16.4 Å². The van der Waals surface area contributed by atoms with E-state index in [4.69, 9.17) is 0 Å². The van der Waals surface area contributed by atoms with Gasteiger partial charge in [0.1, 0.15) is 0 Å². The topological polar surface area (TPSA) is 42.3 Å². The van der Waals surface area contributed by atoms with E-state index in [0.29, 0.717) is 16.8 Å². The first-order valence-electron chi connectivity index (χ1n) is 17.5. The molecule has 2 amide bonds. The molecule has 4 nitrogen and oxygen atoms in total. The standard InChI is InChI=1S/C46H26F6N2O2/c47-45(48,49)31-19-21-38-36(25-31)37-26-32(46(50,51)52)20-22-39(37)53(38)40-18-10-17-33-41(40)44(56)54(43(33)55)42-34(28-13-6-2-7-14-28)23-30(27-11-4-1-5-12-27)24-35(42)29-15-8-3-9-16-29/h1-26H. The molecule has 56 heavy (non-hydrogen) atoms. The van der Waals surface area contributed by atoms with Gasteiger partial charge in [0.2, 0.25) is 0 Å². The fraction of sp³-hybridized carbons (Fsp3) is 0.0435. The zero-order valence-electron chi connectivity index (χ0n) is 29.0. The molecule has 2 heterocycles. The lowest BCUT2D eigenvalue weighted by Crippen LogP contribution is -2.30. The number of anilines is 1. The number of carbonyl (C=O) groups excluding carboxylic acids is 2. The van der Waals surface area contributed by atoms with Crippen LogP contribution in [0.1, 0.15) is 31.8 Å². The Morgan fingerprint density at radius 3 is 1.34 bits per heavy atom. The number of rotatable bonds is 5. The molecule has 10 heteroatoms. The van der Waals surface area contributed by atoms with Gasteiger partial charge < -0.3 is 4.57 Å². The third-order valence-electron chi connectivity index (χ3n) is 10.2. The van der Waals surface area contributed by atoms with Crippen molar-refractivity contribution < 1.29 is 35.9 Å². The van der Waals surface area contributed by atoms with E-state index in [0.717, 1.165) is 51.4 Å². The third-order valence-corrected chi connectivity index (χ3v) is 10.2. The molecule has 7 aromatic carbocycles. The molecular formula is C46H26F6N2O2. The molecule has 0 saturated heterocycles. The first-order chi connectivity index (χ1) is 26.9. The number of imide groups is 1. The van der Waals surface area contributed by atoms with Gasteiger partial charge >= 0.3 is 12.4 Å². The van der Waals surface area contributed by atoms with Crippen LogP contribution in [0.25, 0.3) is 60.9 Å². The molecule has 0 saturated carbocycles. The van der Waals surface area contributed by atoms with Crippen molar-refractivity contribution in [3.05, 3.63) is 180 Å². The molecule has 0 unspecified atom stereocenters. The van der Waals surface area contributed by atoms with Gasteiger partial charge in [0.15, 0.2) is 0 Å². The van der Waals surface area contributed by atoms with E-state index in [1.165, 1.54) is 28.8 Å². The van der Waals surface area contributed by atoms with Gasteiger partial charge in [-0.15, -0.1) is 0 Å². The Morgan fingerprint density at radius 1 is 0.411 bits per heavy atom. The van der Waals surface area contributed by atoms with Gasteiger partial charge in [-0.3, -0.25) is 9.59 Å². The van der Waals surface area contributed by atoms with Crippen LogP contribution in [0.15, 0.2) is 158 Å². The second kappa shape index (κ2) is 12.8. The summed E-state index contributed by atoms with van der Waals surface area (Å²) in [6, 6.07) is 42.4. The number of hydrogen-bond donors (Lipinski definition) is 0. The Morgan fingerprint density at radius 2 is 0.875 bits per heavy atom. The Hall–Kier alpha value is -6.94. The summed E-state index contributed by atoms with van der Waals surface area (Å²) < 4.78 is 85.2. The average molecular weight is 753 g/mol. The Kier molecular flexibility index (Phi) is 7.98. The molecule has 0 fully saturated rings. The van der Waals surface area contributed by atoms with Gasteiger partial charge in [-0.25, -0.2) is 4.90 Å². The Balaban J connectivity index is 1.31. The van der Waals surface area contributed by atoms with Crippen molar-refractivity contribution in [2.75, 3.05) is 4.90 Å². The van der Waals surface area contributed by atoms with Crippen molar-refractivity contribution in [3.63, 3.8) is 0 Å². The predicted octanol–water partition coefficient (Wildman–Crippen LogP) is 12.6. The monoisotopic (exact) mass is 752 g/mol. The molecular weight excluding hydrogens is 727 g/mol. The molecule has 8 aromatic rings. The van der Waals surface area contributed by atoms with Gasteiger partial charge in [0.25, 0.3) is 11.8 Å². The van der Waals surface area contributed by atoms with Crippen LogP contribution in [0.4, 0.5) is 32.0 Å². The summed E-state index contributed by atoms with van der Waals surface area (Å²) in [5.74, 6) is -1.33. The number of aromatic nitrogens is 1. The van der Waals surface area contributed by atoms with E-state index in [1.807, 2.05) is 103 Å². The smallest absolute Gasteiger partial charge is 0.308 e. The maximum atomic E-state index is 15.1. The largest absolute Gasteiger partial charge is 0.416 e. The van der Waals surface area contributed by atoms with Gasteiger partial charge in [-0.2, -0.15) is 26.3 Å². The van der Waals surface area contributed by atoms with E-state index in [1.54, 1.807) is 6.07 Å². The van der Waals surface area contributed by atoms with Crippen molar-refractivity contribution in [1.29, 1.82) is 0 Å². The maximum absolute atomic E-state index is 15.1. The van der Waals surface area contributed by atoms with Crippen LogP contribution in [0, 0.1) is 0 Å². The van der Waals surface area contributed by atoms with Crippen LogP contribution in [0.3, 0.4) is 0 Å². The van der Waals surface area contributed by atoms with Crippen LogP contribution in [-0.2, 0) is 12.4 Å². The number of alkyl halides is 6. The molecule has 1 aliphatic rings. The SMILES string of the molecule is O=C1c2cccc(-n3c4ccc(C(F)(F)F)cc4c4cc(C(F)(F)F)ccc43)c2C(=O)N1c1c(-c2ccccc2)cc(-c2ccccc2)cc1-c1ccccc1. The number of nitrogens with zero attached hydrogens (tertiary/aromatic N) is 2. The lowest BCUT2D eigenvalue weighted by Gasteiger charge is -2.24. The van der Waals surface area contributed by atoms with E-state index >= 15 is 4.79 Å². The second-order valence-corrected chi connectivity index (χ2v) is 13.5. The number of hydrogen-bond acceptors (Lipinski definition) is 2. The van der Waals surface area contributed by atoms with Crippen LogP contribution in [0.5, 0.6) is 0 Å². The number of fused-ring (bicyclic) bond motifs is 4. The molecule has 0 aliphatic carbocycles. The summed E-state index contributed by atoms with van der Waals surface area (Å²) in [5, 5.41) is -0.192. The summed E-state index contributed by atoms with van der Waals surface area (Å²) in [4.78, 5) is 30.9. The minimum absolute atomic E-state index is 0.0338. The van der Waals surface area contributed by atoms with Crippen LogP contribution in [0.2, 0.25) is 0 Å². The molecule has 0 bridgehead atoms. The minimum Gasteiger partial charge on any atom is -0.308 e. The zero-order chi connectivity index (χ0) is 38.9. The minimum atomic E-state index is -4.77. The molecule has 9 rings (SSSR count). The summed E-state index contributed by atoms with van der Waals surface area (Å²) in [6.07, 6.45) is -9.55. The van der Waals surface area contributed by atoms with Crippen molar-refractivity contribution in [2.45, 2.75) is 12.4 Å². The lowest BCUT2D eigenvalue weighted by atomic mass is 9.90. The van der Waals surface area contributed by atoms with E-state index < -0.39 is 35.3 Å². The number of amides is 2. The molecule has 1 aromatic heterocycles. The quantitative estimate of drug-likeness (QED) is 0.130. The number of benzene rings is 7. The normalized spacial score (nSPS) is 13.2. The van der Waals surface area contributed by atoms with Crippen molar-refractivity contribution >= 4 is 39.3 Å². The summed E-state index contributed by atoms with van der Waals surface area (Å²) in [5.41, 5.74) is 3.02. The molecule has 0 N–H and O–H groups in total. The molecule has 0 radical (unpaired) electrons. The van der Waals surface area contributed by atoms with Gasteiger partial charge in [-0.05, 0) is 82.9 Å². The molecule has 0 atom stereocenters. The lowest BCUT2D eigenvalue weighted by molar-refractivity contribution is -0.138. The van der Waals surface area contributed by atoms with Crippen molar-refractivity contribution in [2.24, 2.45) is 0 Å². The highest BCUT2D eigenvalue weighted by Crippen LogP contribution is 2.47. The fourth-order valence-electron chi connectivity index (χ4n) is 7.64.